The number of H-pyrrole nitrogens is 1. The molecule has 3 rings (SSSR count). The van der Waals surface area contributed by atoms with Crippen LogP contribution in [0.4, 0.5) is 5.69 Å². The molecule has 8 heteroatoms. The van der Waals surface area contributed by atoms with Crippen molar-refractivity contribution in [2.45, 2.75) is 13.0 Å². The SMILES string of the molecule is COCCCn1c(=S)[nH]c2cc(C(=O)Nc3ccc(Br)cc3)ccc2c1=O. The van der Waals surface area contributed by atoms with Crippen LogP contribution in [0.3, 0.4) is 0 Å². The number of hydrogen-bond donors (Lipinski definition) is 2. The summed E-state index contributed by atoms with van der Waals surface area (Å²) in [7, 11) is 1.62. The molecule has 0 saturated carbocycles. The highest BCUT2D eigenvalue weighted by molar-refractivity contribution is 9.10. The number of carbonyl (C=O) groups is 1. The average molecular weight is 448 g/mol. The Morgan fingerprint density at radius 1 is 1.26 bits per heavy atom. The Morgan fingerprint density at radius 3 is 2.70 bits per heavy atom. The molecule has 0 saturated heterocycles. The Kier molecular flexibility index (Phi) is 6.20. The summed E-state index contributed by atoms with van der Waals surface area (Å²) in [6.07, 6.45) is 0.688. The van der Waals surface area contributed by atoms with Crippen molar-refractivity contribution in [3.8, 4) is 0 Å². The molecule has 0 aliphatic carbocycles. The molecule has 0 bridgehead atoms. The first kappa shape index (κ1) is 19.5. The minimum absolute atomic E-state index is 0.176. The van der Waals surface area contributed by atoms with Gasteiger partial charge in [-0.3, -0.25) is 14.2 Å². The first-order chi connectivity index (χ1) is 13.0. The molecular weight excluding hydrogens is 430 g/mol. The van der Waals surface area contributed by atoms with Crippen molar-refractivity contribution in [2.75, 3.05) is 19.0 Å². The van der Waals surface area contributed by atoms with Gasteiger partial charge in [0.15, 0.2) is 4.77 Å². The Hall–Kier alpha value is -2.29. The fourth-order valence-electron chi connectivity index (χ4n) is 2.70. The van der Waals surface area contributed by atoms with E-state index in [0.717, 1.165) is 4.47 Å². The van der Waals surface area contributed by atoms with Gasteiger partial charge in [-0.2, -0.15) is 0 Å². The minimum atomic E-state index is -0.261. The Morgan fingerprint density at radius 2 is 2.00 bits per heavy atom. The molecule has 0 radical (unpaired) electrons. The average Bonchev–Trinajstić information content (AvgIpc) is 2.66. The number of aromatic amines is 1. The highest BCUT2D eigenvalue weighted by Crippen LogP contribution is 2.16. The summed E-state index contributed by atoms with van der Waals surface area (Å²) in [5, 5.41) is 3.32. The number of halogens is 1. The number of ether oxygens (including phenoxy) is 1. The molecule has 0 atom stereocenters. The van der Waals surface area contributed by atoms with Crippen LogP contribution in [0, 0.1) is 4.77 Å². The largest absolute Gasteiger partial charge is 0.385 e. The molecule has 1 heterocycles. The van der Waals surface area contributed by atoms with E-state index >= 15 is 0 Å². The van der Waals surface area contributed by atoms with Gasteiger partial charge in [-0.15, -0.1) is 0 Å². The monoisotopic (exact) mass is 447 g/mol. The second kappa shape index (κ2) is 8.60. The Labute approximate surface area is 169 Å². The standard InChI is InChI=1S/C19H18BrN3O3S/c1-26-10-2-9-23-18(25)15-8-3-12(11-16(15)22-19(23)27)17(24)21-14-6-4-13(20)5-7-14/h3-8,11H,2,9-10H2,1H3,(H,21,24)(H,22,27). The predicted octanol–water partition coefficient (Wildman–Crippen LogP) is 4.11. The maximum atomic E-state index is 12.7. The first-order valence-corrected chi connectivity index (χ1v) is 9.52. The van der Waals surface area contributed by atoms with Gasteiger partial charge in [0.2, 0.25) is 0 Å². The zero-order valence-electron chi connectivity index (χ0n) is 14.6. The number of benzene rings is 2. The summed E-state index contributed by atoms with van der Waals surface area (Å²) < 4.78 is 7.79. The van der Waals surface area contributed by atoms with Gasteiger partial charge in [-0.1, -0.05) is 15.9 Å². The van der Waals surface area contributed by atoms with Crippen molar-refractivity contribution >= 4 is 50.6 Å². The quantitative estimate of drug-likeness (QED) is 0.440. The highest BCUT2D eigenvalue weighted by Gasteiger charge is 2.11. The maximum absolute atomic E-state index is 12.7. The number of fused-ring (bicyclic) bond motifs is 1. The molecule has 0 aliphatic heterocycles. The van der Waals surface area contributed by atoms with E-state index in [2.05, 4.69) is 26.2 Å². The summed E-state index contributed by atoms with van der Waals surface area (Å²) in [4.78, 5) is 28.2. The number of carbonyl (C=O) groups excluding carboxylic acids is 1. The molecule has 6 nitrogen and oxygen atoms in total. The first-order valence-electron chi connectivity index (χ1n) is 8.32. The molecule has 1 aromatic heterocycles. The summed E-state index contributed by atoms with van der Waals surface area (Å²) in [5.41, 5.74) is 1.48. The van der Waals surface area contributed by atoms with E-state index in [4.69, 9.17) is 17.0 Å². The second-order valence-electron chi connectivity index (χ2n) is 5.95. The van der Waals surface area contributed by atoms with E-state index in [1.165, 1.54) is 4.57 Å². The van der Waals surface area contributed by atoms with E-state index in [1.807, 2.05) is 12.1 Å². The maximum Gasteiger partial charge on any atom is 0.262 e. The predicted molar refractivity (Wildman–Crippen MR) is 112 cm³/mol. The normalized spacial score (nSPS) is 10.9. The van der Waals surface area contributed by atoms with Crippen molar-refractivity contribution in [3.63, 3.8) is 0 Å². The van der Waals surface area contributed by atoms with Crippen LogP contribution in [0.25, 0.3) is 10.9 Å². The van der Waals surface area contributed by atoms with E-state index in [-0.39, 0.29) is 11.5 Å². The van der Waals surface area contributed by atoms with E-state index in [0.29, 0.717) is 46.5 Å². The molecule has 140 valence electrons. The molecule has 2 aromatic carbocycles. The molecule has 0 unspecified atom stereocenters. The number of nitrogens with zero attached hydrogens (tertiary/aromatic N) is 1. The molecule has 27 heavy (non-hydrogen) atoms. The molecule has 2 N–H and O–H groups in total. The van der Waals surface area contributed by atoms with Gasteiger partial charge in [0.05, 0.1) is 10.9 Å². The fourth-order valence-corrected chi connectivity index (χ4v) is 3.25. The van der Waals surface area contributed by atoms with E-state index in [1.54, 1.807) is 37.4 Å². The van der Waals surface area contributed by atoms with Crippen LogP contribution < -0.4 is 10.9 Å². The smallest absolute Gasteiger partial charge is 0.262 e. The summed E-state index contributed by atoms with van der Waals surface area (Å²) in [5.74, 6) is -0.261. The molecule has 0 spiro atoms. The summed E-state index contributed by atoms with van der Waals surface area (Å²) in [6.45, 7) is 1.03. The third kappa shape index (κ3) is 4.52. The van der Waals surface area contributed by atoms with Gasteiger partial charge in [-0.05, 0) is 61.1 Å². The van der Waals surface area contributed by atoms with Crippen molar-refractivity contribution in [1.29, 1.82) is 0 Å². The van der Waals surface area contributed by atoms with Gasteiger partial charge < -0.3 is 15.0 Å². The van der Waals surface area contributed by atoms with Crippen molar-refractivity contribution in [1.82, 2.24) is 9.55 Å². The van der Waals surface area contributed by atoms with Gasteiger partial charge in [0.25, 0.3) is 11.5 Å². The third-order valence-electron chi connectivity index (χ3n) is 4.08. The number of amides is 1. The highest BCUT2D eigenvalue weighted by atomic mass is 79.9. The lowest BCUT2D eigenvalue weighted by atomic mass is 10.1. The fraction of sp³-hybridized carbons (Fsp3) is 0.211. The third-order valence-corrected chi connectivity index (χ3v) is 4.93. The number of aromatic nitrogens is 2. The summed E-state index contributed by atoms with van der Waals surface area (Å²) >= 11 is 8.66. The van der Waals surface area contributed by atoms with Crippen molar-refractivity contribution in [2.24, 2.45) is 0 Å². The number of rotatable bonds is 6. The van der Waals surface area contributed by atoms with Crippen LogP contribution in [0.1, 0.15) is 16.8 Å². The lowest BCUT2D eigenvalue weighted by Gasteiger charge is -2.09. The number of anilines is 1. The van der Waals surface area contributed by atoms with E-state index < -0.39 is 0 Å². The van der Waals surface area contributed by atoms with Crippen molar-refractivity contribution in [3.05, 3.63) is 67.6 Å². The van der Waals surface area contributed by atoms with Crippen LogP contribution in [0.2, 0.25) is 0 Å². The van der Waals surface area contributed by atoms with Crippen molar-refractivity contribution < 1.29 is 9.53 Å². The zero-order chi connectivity index (χ0) is 19.4. The van der Waals surface area contributed by atoms with E-state index in [9.17, 15) is 9.59 Å². The van der Waals surface area contributed by atoms with Crippen LogP contribution in [0.15, 0.2) is 51.7 Å². The van der Waals surface area contributed by atoms with Gasteiger partial charge in [-0.25, -0.2) is 0 Å². The molecule has 0 aliphatic rings. The molecule has 0 fully saturated rings. The number of nitrogens with one attached hydrogen (secondary N) is 2. The van der Waals surface area contributed by atoms with Gasteiger partial charge in [0, 0.05) is 36.0 Å². The lowest BCUT2D eigenvalue weighted by Crippen LogP contribution is -2.23. The molecular formula is C19H18BrN3O3S. The molecule has 3 aromatic rings. The van der Waals surface area contributed by atoms with Gasteiger partial charge in [0.1, 0.15) is 0 Å². The lowest BCUT2D eigenvalue weighted by molar-refractivity contribution is 0.102. The summed E-state index contributed by atoms with van der Waals surface area (Å²) in [6, 6.07) is 12.2. The minimum Gasteiger partial charge on any atom is -0.385 e. The van der Waals surface area contributed by atoms with Crippen LogP contribution >= 0.6 is 28.1 Å². The number of methoxy groups -OCH3 is 1. The Balaban J connectivity index is 1.90. The van der Waals surface area contributed by atoms with Crippen LogP contribution in [-0.2, 0) is 11.3 Å². The Bertz CT molecular complexity index is 1090. The zero-order valence-corrected chi connectivity index (χ0v) is 17.0. The van der Waals surface area contributed by atoms with Crippen LogP contribution in [0.5, 0.6) is 0 Å². The molecule has 1 amide bonds. The van der Waals surface area contributed by atoms with Crippen LogP contribution in [-0.4, -0.2) is 29.2 Å². The number of hydrogen-bond acceptors (Lipinski definition) is 4. The topological polar surface area (TPSA) is 76.1 Å². The van der Waals surface area contributed by atoms with Gasteiger partial charge >= 0.3 is 0 Å². The second-order valence-corrected chi connectivity index (χ2v) is 7.26.